The second kappa shape index (κ2) is 22.2. The van der Waals surface area contributed by atoms with E-state index in [9.17, 15) is 39.0 Å². The summed E-state index contributed by atoms with van der Waals surface area (Å²) in [5, 5.41) is 26.9. The molecule has 1 heterocycles. The SMILES string of the molecule is NC(=O)CN1CCN(CC(=O)O)CCN(C(CCC(=O)NCCNC(=O)CCOCCOCCNC=O)C(=O)O)CC1. The van der Waals surface area contributed by atoms with E-state index in [2.05, 4.69) is 16.0 Å². The molecule has 17 heteroatoms. The molecule has 0 radical (unpaired) electrons. The molecule has 1 aliphatic rings. The smallest absolute Gasteiger partial charge is 0.320 e. The van der Waals surface area contributed by atoms with Gasteiger partial charge < -0.3 is 41.4 Å². The van der Waals surface area contributed by atoms with Gasteiger partial charge >= 0.3 is 11.9 Å². The number of aliphatic carboxylic acids is 2. The van der Waals surface area contributed by atoms with Crippen molar-refractivity contribution < 1.29 is 48.5 Å². The van der Waals surface area contributed by atoms with Crippen LogP contribution in [0.4, 0.5) is 0 Å². The number of nitrogens with two attached hydrogens (primary N) is 1. The second-order valence-corrected chi connectivity index (χ2v) is 9.59. The maximum absolute atomic E-state index is 12.4. The number of carboxylic acid groups (broad SMARTS) is 2. The van der Waals surface area contributed by atoms with Gasteiger partial charge in [-0.05, 0) is 6.42 Å². The summed E-state index contributed by atoms with van der Waals surface area (Å²) in [6.07, 6.45) is 0.684. The van der Waals surface area contributed by atoms with Crippen LogP contribution < -0.4 is 21.7 Å². The molecule has 1 aliphatic heterocycles. The van der Waals surface area contributed by atoms with Gasteiger partial charge in [-0.3, -0.25) is 43.5 Å². The molecule has 240 valence electrons. The quantitative estimate of drug-likeness (QED) is 0.0514. The molecule has 17 nitrogen and oxygen atoms in total. The zero-order chi connectivity index (χ0) is 31.2. The van der Waals surface area contributed by atoms with Crippen molar-refractivity contribution >= 4 is 36.1 Å². The molecule has 4 amide bonds. The summed E-state index contributed by atoms with van der Waals surface area (Å²) >= 11 is 0. The molecule has 0 spiro atoms. The fourth-order valence-electron chi connectivity index (χ4n) is 4.19. The number of carbonyl (C=O) groups is 6. The highest BCUT2D eigenvalue weighted by Gasteiger charge is 2.28. The minimum atomic E-state index is -1.11. The van der Waals surface area contributed by atoms with E-state index in [1.807, 2.05) is 0 Å². The molecule has 0 aromatic carbocycles. The maximum Gasteiger partial charge on any atom is 0.320 e. The van der Waals surface area contributed by atoms with Crippen molar-refractivity contribution in [2.45, 2.75) is 25.3 Å². The molecular weight excluding hydrogens is 558 g/mol. The van der Waals surface area contributed by atoms with Crippen LogP contribution in [0.1, 0.15) is 19.3 Å². The Kier molecular flexibility index (Phi) is 19.4. The summed E-state index contributed by atoms with van der Waals surface area (Å²) in [4.78, 5) is 74.3. The van der Waals surface area contributed by atoms with Crippen molar-refractivity contribution in [1.29, 1.82) is 0 Å². The number of nitrogens with one attached hydrogen (secondary N) is 3. The first-order valence-electron chi connectivity index (χ1n) is 13.9. The number of carboxylic acids is 2. The summed E-state index contributed by atoms with van der Waals surface area (Å²) in [7, 11) is 0. The molecule has 0 aromatic heterocycles. The van der Waals surface area contributed by atoms with Crippen LogP contribution >= 0.6 is 0 Å². The van der Waals surface area contributed by atoms with Gasteiger partial charge in [0.1, 0.15) is 6.04 Å². The standard InChI is InChI=1S/C25H45N7O10/c26-21(34)17-30-7-8-31(18-24(37)38)10-12-32(11-9-30)20(25(39)40)1-2-22(35)28-4-5-29-23(36)3-13-41-15-16-42-14-6-27-19-33/h19-20H,1-18H2,(H2,26,34)(H,27,33)(H,28,35)(H,29,36)(H,37,38)(H,39,40). The van der Waals surface area contributed by atoms with Gasteiger partial charge in [0.2, 0.25) is 24.1 Å². The van der Waals surface area contributed by atoms with Crippen molar-refractivity contribution in [3.8, 4) is 0 Å². The van der Waals surface area contributed by atoms with Gasteiger partial charge in [-0.1, -0.05) is 0 Å². The van der Waals surface area contributed by atoms with Gasteiger partial charge in [-0.25, -0.2) is 0 Å². The number of amides is 4. The molecule has 1 saturated heterocycles. The minimum Gasteiger partial charge on any atom is -0.480 e. The maximum atomic E-state index is 12.4. The summed E-state index contributed by atoms with van der Waals surface area (Å²) in [6.45, 7) is 3.78. The zero-order valence-corrected chi connectivity index (χ0v) is 24.0. The topological polar surface area (TPSA) is 233 Å². The molecule has 0 bridgehead atoms. The Hall–Kier alpha value is -3.38. The van der Waals surface area contributed by atoms with E-state index in [1.165, 1.54) is 0 Å². The lowest BCUT2D eigenvalue weighted by atomic mass is 10.1. The minimum absolute atomic E-state index is 0.0247. The molecule has 0 aliphatic carbocycles. The van der Waals surface area contributed by atoms with Crippen LogP contribution in [0.25, 0.3) is 0 Å². The van der Waals surface area contributed by atoms with Crippen LogP contribution in [0.2, 0.25) is 0 Å². The molecule has 0 saturated carbocycles. The lowest BCUT2D eigenvalue weighted by Crippen LogP contribution is -2.47. The Morgan fingerprint density at radius 3 is 1.86 bits per heavy atom. The van der Waals surface area contributed by atoms with Crippen LogP contribution in [-0.2, 0) is 38.2 Å². The normalized spacial score (nSPS) is 15.9. The van der Waals surface area contributed by atoms with E-state index in [0.29, 0.717) is 65.5 Å². The van der Waals surface area contributed by atoms with Crippen molar-refractivity contribution in [3.63, 3.8) is 0 Å². The van der Waals surface area contributed by atoms with Crippen molar-refractivity contribution in [2.24, 2.45) is 5.73 Å². The highest BCUT2D eigenvalue weighted by atomic mass is 16.5. The molecule has 1 unspecified atom stereocenters. The number of hydrogen-bond acceptors (Lipinski definition) is 11. The monoisotopic (exact) mass is 603 g/mol. The summed E-state index contributed by atoms with van der Waals surface area (Å²) in [5.74, 6) is -3.27. The molecule has 7 N–H and O–H groups in total. The van der Waals surface area contributed by atoms with E-state index < -0.39 is 23.9 Å². The van der Waals surface area contributed by atoms with Gasteiger partial charge in [-0.2, -0.15) is 0 Å². The number of rotatable bonds is 22. The third kappa shape index (κ3) is 18.1. The van der Waals surface area contributed by atoms with E-state index >= 15 is 0 Å². The van der Waals surface area contributed by atoms with Crippen LogP contribution in [0, 0.1) is 0 Å². The van der Waals surface area contributed by atoms with Crippen LogP contribution in [-0.4, -0.2) is 165 Å². The summed E-state index contributed by atoms with van der Waals surface area (Å²) in [6, 6.07) is -0.992. The number of nitrogens with zero attached hydrogens (tertiary/aromatic N) is 3. The highest BCUT2D eigenvalue weighted by Crippen LogP contribution is 2.11. The number of primary amides is 1. The summed E-state index contributed by atoms with van der Waals surface area (Å²) < 4.78 is 10.5. The van der Waals surface area contributed by atoms with Crippen molar-refractivity contribution in [1.82, 2.24) is 30.7 Å². The predicted molar refractivity (Wildman–Crippen MR) is 148 cm³/mol. The van der Waals surface area contributed by atoms with E-state index in [1.54, 1.807) is 14.7 Å². The Morgan fingerprint density at radius 2 is 1.31 bits per heavy atom. The first kappa shape index (κ1) is 36.6. The number of hydrogen-bond donors (Lipinski definition) is 6. The Bertz CT molecular complexity index is 835. The fourth-order valence-corrected chi connectivity index (χ4v) is 4.19. The number of ether oxygens (including phenoxy) is 2. The molecule has 1 fully saturated rings. The third-order valence-electron chi connectivity index (χ3n) is 6.34. The molecule has 1 rings (SSSR count). The van der Waals surface area contributed by atoms with Crippen LogP contribution in [0.3, 0.4) is 0 Å². The van der Waals surface area contributed by atoms with Gasteiger partial charge in [0.05, 0.1) is 39.5 Å². The lowest BCUT2D eigenvalue weighted by molar-refractivity contribution is -0.144. The van der Waals surface area contributed by atoms with Crippen LogP contribution in [0.5, 0.6) is 0 Å². The first-order valence-corrected chi connectivity index (χ1v) is 13.9. The molecule has 1 atom stereocenters. The average molecular weight is 604 g/mol. The van der Waals surface area contributed by atoms with E-state index in [0.717, 1.165) is 0 Å². The molecule has 42 heavy (non-hydrogen) atoms. The summed E-state index contributed by atoms with van der Waals surface area (Å²) in [5.41, 5.74) is 5.33. The molecular formula is C25H45N7O10. The van der Waals surface area contributed by atoms with E-state index in [4.69, 9.17) is 15.2 Å². The number of carbonyl (C=O) groups excluding carboxylic acids is 4. The second-order valence-electron chi connectivity index (χ2n) is 9.59. The van der Waals surface area contributed by atoms with Gasteiger partial charge in [0, 0.05) is 71.7 Å². The predicted octanol–water partition coefficient (Wildman–Crippen LogP) is -3.89. The van der Waals surface area contributed by atoms with Crippen LogP contribution in [0.15, 0.2) is 0 Å². The van der Waals surface area contributed by atoms with Crippen molar-refractivity contribution in [3.05, 3.63) is 0 Å². The zero-order valence-electron chi connectivity index (χ0n) is 24.0. The highest BCUT2D eigenvalue weighted by molar-refractivity contribution is 5.79. The van der Waals surface area contributed by atoms with Gasteiger partial charge in [-0.15, -0.1) is 0 Å². The average Bonchev–Trinajstić information content (AvgIpc) is 3.01. The lowest BCUT2D eigenvalue weighted by Gasteiger charge is -2.30. The largest absolute Gasteiger partial charge is 0.480 e. The molecule has 0 aromatic rings. The van der Waals surface area contributed by atoms with Gasteiger partial charge in [0.25, 0.3) is 0 Å². The Labute approximate surface area is 245 Å². The third-order valence-corrected chi connectivity index (χ3v) is 6.34. The Balaban J connectivity index is 2.40. The fraction of sp³-hybridized carbons (Fsp3) is 0.760. The van der Waals surface area contributed by atoms with E-state index in [-0.39, 0.29) is 70.4 Å². The van der Waals surface area contributed by atoms with Gasteiger partial charge in [0.15, 0.2) is 0 Å². The Morgan fingerprint density at radius 1 is 0.762 bits per heavy atom. The van der Waals surface area contributed by atoms with Crippen molar-refractivity contribution in [2.75, 3.05) is 98.4 Å². The first-order chi connectivity index (χ1) is 20.1.